The van der Waals surface area contributed by atoms with Gasteiger partial charge in [0, 0.05) is 23.4 Å². The first kappa shape index (κ1) is 14.5. The van der Waals surface area contributed by atoms with Crippen LogP contribution in [0.1, 0.15) is 20.8 Å². The van der Waals surface area contributed by atoms with Gasteiger partial charge < -0.3 is 4.74 Å². The van der Waals surface area contributed by atoms with Crippen LogP contribution in [0.4, 0.5) is 4.39 Å². The van der Waals surface area contributed by atoms with Crippen molar-refractivity contribution < 1.29 is 13.9 Å². The van der Waals surface area contributed by atoms with E-state index in [0.717, 1.165) is 6.07 Å². The molecule has 0 aliphatic carbocycles. The molecule has 0 radical (unpaired) electrons. The second-order valence-corrected chi connectivity index (χ2v) is 5.80. The molecule has 0 fully saturated rings. The quantitative estimate of drug-likeness (QED) is 0.677. The lowest BCUT2D eigenvalue weighted by atomic mass is 9.97. The molecule has 1 aromatic carbocycles. The van der Waals surface area contributed by atoms with Crippen LogP contribution >= 0.6 is 11.6 Å². The molecule has 2 aromatic rings. The molecule has 0 aliphatic rings. The Kier molecular flexibility index (Phi) is 3.81. The SMILES string of the molecule is CC(C)(C)C(=O)Oc1cc(F)c(Cl)cc1-c1cn[nH]c1. The molecule has 0 saturated heterocycles. The van der Waals surface area contributed by atoms with E-state index in [0.29, 0.717) is 11.1 Å². The maximum Gasteiger partial charge on any atom is 0.316 e. The smallest absolute Gasteiger partial charge is 0.316 e. The van der Waals surface area contributed by atoms with Gasteiger partial charge in [-0.2, -0.15) is 5.10 Å². The van der Waals surface area contributed by atoms with Crippen molar-refractivity contribution in [3.63, 3.8) is 0 Å². The molecule has 106 valence electrons. The number of aromatic nitrogens is 2. The number of H-pyrrole nitrogens is 1. The van der Waals surface area contributed by atoms with Gasteiger partial charge in [0.05, 0.1) is 16.6 Å². The zero-order valence-electron chi connectivity index (χ0n) is 11.3. The highest BCUT2D eigenvalue weighted by Crippen LogP contribution is 2.35. The first-order valence-electron chi connectivity index (χ1n) is 5.99. The van der Waals surface area contributed by atoms with Crippen LogP contribution in [0.5, 0.6) is 5.75 Å². The zero-order chi connectivity index (χ0) is 14.9. The fraction of sp³-hybridized carbons (Fsp3) is 0.286. The molecule has 1 aromatic heterocycles. The van der Waals surface area contributed by atoms with Crippen LogP contribution in [-0.2, 0) is 4.79 Å². The summed E-state index contributed by atoms with van der Waals surface area (Å²) in [6, 6.07) is 2.52. The molecule has 0 bridgehead atoms. The van der Waals surface area contributed by atoms with Crippen LogP contribution in [0.25, 0.3) is 11.1 Å². The fourth-order valence-corrected chi connectivity index (χ4v) is 1.65. The average molecular weight is 297 g/mol. The first-order chi connectivity index (χ1) is 9.29. The average Bonchev–Trinajstić information content (AvgIpc) is 2.85. The van der Waals surface area contributed by atoms with Crippen LogP contribution in [0.2, 0.25) is 5.02 Å². The second kappa shape index (κ2) is 5.25. The van der Waals surface area contributed by atoms with E-state index in [9.17, 15) is 9.18 Å². The predicted octanol–water partition coefficient (Wildman–Crippen LogP) is 3.82. The third-order valence-corrected chi connectivity index (χ3v) is 2.94. The molecule has 6 heteroatoms. The van der Waals surface area contributed by atoms with Gasteiger partial charge in [0.2, 0.25) is 0 Å². The number of halogens is 2. The highest BCUT2D eigenvalue weighted by atomic mass is 35.5. The highest BCUT2D eigenvalue weighted by Gasteiger charge is 2.25. The van der Waals surface area contributed by atoms with Crippen LogP contribution in [-0.4, -0.2) is 16.2 Å². The summed E-state index contributed by atoms with van der Waals surface area (Å²) in [6.45, 7) is 5.16. The molecule has 0 saturated carbocycles. The van der Waals surface area contributed by atoms with Crippen molar-refractivity contribution in [3.05, 3.63) is 35.4 Å². The molecule has 0 amide bonds. The number of hydrogen-bond donors (Lipinski definition) is 1. The molecule has 0 atom stereocenters. The van der Waals surface area contributed by atoms with Crippen LogP contribution in [0.15, 0.2) is 24.5 Å². The maximum atomic E-state index is 13.6. The first-order valence-corrected chi connectivity index (χ1v) is 6.37. The van der Waals surface area contributed by atoms with E-state index < -0.39 is 17.2 Å². The number of aromatic amines is 1. The summed E-state index contributed by atoms with van der Waals surface area (Å²) in [5.41, 5.74) is 0.468. The third-order valence-electron chi connectivity index (χ3n) is 2.65. The van der Waals surface area contributed by atoms with E-state index in [1.54, 1.807) is 27.0 Å². The van der Waals surface area contributed by atoms with E-state index in [-0.39, 0.29) is 10.8 Å². The summed E-state index contributed by atoms with van der Waals surface area (Å²) >= 11 is 5.78. The van der Waals surface area contributed by atoms with E-state index in [2.05, 4.69) is 10.2 Å². The summed E-state index contributed by atoms with van der Waals surface area (Å²) in [5.74, 6) is -0.979. The van der Waals surface area contributed by atoms with Crippen molar-refractivity contribution >= 4 is 17.6 Å². The molecule has 2 rings (SSSR count). The van der Waals surface area contributed by atoms with Crippen LogP contribution in [0.3, 0.4) is 0 Å². The van der Waals surface area contributed by atoms with Gasteiger partial charge in [0.15, 0.2) is 0 Å². The molecule has 0 aliphatic heterocycles. The van der Waals surface area contributed by atoms with Gasteiger partial charge in [0.1, 0.15) is 11.6 Å². The van der Waals surface area contributed by atoms with E-state index in [1.807, 2.05) is 0 Å². The lowest BCUT2D eigenvalue weighted by molar-refractivity contribution is -0.142. The monoisotopic (exact) mass is 296 g/mol. The van der Waals surface area contributed by atoms with Crippen molar-refractivity contribution in [2.24, 2.45) is 5.41 Å². The second-order valence-electron chi connectivity index (χ2n) is 5.39. The van der Waals surface area contributed by atoms with E-state index in [1.165, 1.54) is 12.3 Å². The summed E-state index contributed by atoms with van der Waals surface area (Å²) < 4.78 is 18.9. The third kappa shape index (κ3) is 2.99. The minimum absolute atomic E-state index is 0.0447. The highest BCUT2D eigenvalue weighted by molar-refractivity contribution is 6.31. The minimum Gasteiger partial charge on any atom is -0.425 e. The normalized spacial score (nSPS) is 11.4. The van der Waals surface area contributed by atoms with Gasteiger partial charge in [-0.3, -0.25) is 9.89 Å². The Morgan fingerprint density at radius 2 is 2.10 bits per heavy atom. The topological polar surface area (TPSA) is 55.0 Å². The number of carbonyl (C=O) groups is 1. The summed E-state index contributed by atoms with van der Waals surface area (Å²) in [5, 5.41) is 6.42. The van der Waals surface area contributed by atoms with Crippen LogP contribution < -0.4 is 4.74 Å². The van der Waals surface area contributed by atoms with Crippen LogP contribution in [0, 0.1) is 11.2 Å². The molecule has 20 heavy (non-hydrogen) atoms. The number of nitrogens with one attached hydrogen (secondary N) is 1. The van der Waals surface area contributed by atoms with Crippen molar-refractivity contribution in [3.8, 4) is 16.9 Å². The van der Waals surface area contributed by atoms with Gasteiger partial charge >= 0.3 is 5.97 Å². The van der Waals surface area contributed by atoms with Gasteiger partial charge in [-0.15, -0.1) is 0 Å². The van der Waals surface area contributed by atoms with Crippen molar-refractivity contribution in [2.45, 2.75) is 20.8 Å². The van der Waals surface area contributed by atoms with E-state index in [4.69, 9.17) is 16.3 Å². The summed E-state index contributed by atoms with van der Waals surface area (Å²) in [6.07, 6.45) is 3.15. The Hall–Kier alpha value is -1.88. The Labute approximate surface area is 120 Å². The van der Waals surface area contributed by atoms with Crippen molar-refractivity contribution in [1.29, 1.82) is 0 Å². The maximum absolute atomic E-state index is 13.6. The summed E-state index contributed by atoms with van der Waals surface area (Å²) in [7, 11) is 0. The van der Waals surface area contributed by atoms with Crippen molar-refractivity contribution in [2.75, 3.05) is 0 Å². The number of ether oxygens (including phenoxy) is 1. The number of hydrogen-bond acceptors (Lipinski definition) is 3. The lowest BCUT2D eigenvalue weighted by Gasteiger charge is -2.18. The number of carbonyl (C=O) groups excluding carboxylic acids is 1. The number of nitrogens with zero attached hydrogens (tertiary/aromatic N) is 1. The number of rotatable bonds is 2. The van der Waals surface area contributed by atoms with Gasteiger partial charge in [-0.05, 0) is 26.8 Å². The molecular formula is C14H14ClFN2O2. The Balaban J connectivity index is 2.46. The number of esters is 1. The molecule has 1 heterocycles. The Morgan fingerprint density at radius 1 is 1.40 bits per heavy atom. The summed E-state index contributed by atoms with van der Waals surface area (Å²) in [4.78, 5) is 12.0. The Morgan fingerprint density at radius 3 is 2.65 bits per heavy atom. The standard InChI is InChI=1S/C14H14ClFN2O2/c1-14(2,3)13(19)20-12-5-11(16)10(15)4-9(12)8-6-17-18-7-8/h4-7H,1-3H3,(H,17,18). The molecule has 0 spiro atoms. The fourth-order valence-electron chi connectivity index (χ4n) is 1.49. The molecular weight excluding hydrogens is 283 g/mol. The van der Waals surface area contributed by atoms with Gasteiger partial charge in [-0.25, -0.2) is 4.39 Å². The molecule has 4 nitrogen and oxygen atoms in total. The van der Waals surface area contributed by atoms with E-state index >= 15 is 0 Å². The molecule has 0 unspecified atom stereocenters. The van der Waals surface area contributed by atoms with Gasteiger partial charge in [0.25, 0.3) is 0 Å². The minimum atomic E-state index is -0.691. The molecule has 1 N–H and O–H groups in total. The predicted molar refractivity (Wildman–Crippen MR) is 74.1 cm³/mol. The largest absolute Gasteiger partial charge is 0.425 e. The van der Waals surface area contributed by atoms with Gasteiger partial charge in [-0.1, -0.05) is 11.6 Å². The Bertz CT molecular complexity index is 633. The lowest BCUT2D eigenvalue weighted by Crippen LogP contribution is -2.25. The van der Waals surface area contributed by atoms with Crippen molar-refractivity contribution in [1.82, 2.24) is 10.2 Å². The zero-order valence-corrected chi connectivity index (χ0v) is 12.1. The number of benzene rings is 1.